The average molecular weight is 400 g/mol. The Morgan fingerprint density at radius 3 is 2.43 bits per heavy atom. The normalized spacial score (nSPS) is 13.4. The van der Waals surface area contributed by atoms with E-state index in [1.54, 1.807) is 30.5 Å². The van der Waals surface area contributed by atoms with Crippen LogP contribution in [0.4, 0.5) is 22.9 Å². The molecule has 1 aliphatic rings. The van der Waals surface area contributed by atoms with Crippen LogP contribution in [0.15, 0.2) is 60.8 Å². The predicted molar refractivity (Wildman–Crippen MR) is 114 cm³/mol. The van der Waals surface area contributed by atoms with Gasteiger partial charge in [-0.3, -0.25) is 4.79 Å². The number of morpholine rings is 1. The van der Waals surface area contributed by atoms with Crippen LogP contribution in [-0.2, 0) is 4.74 Å². The van der Waals surface area contributed by atoms with Gasteiger partial charge >= 0.3 is 0 Å². The van der Waals surface area contributed by atoms with Crippen LogP contribution in [0.2, 0.25) is 0 Å². The third kappa shape index (κ3) is 4.71. The predicted octanol–water partition coefficient (Wildman–Crippen LogP) is 3.18. The van der Waals surface area contributed by atoms with Crippen molar-refractivity contribution in [1.82, 2.24) is 10.2 Å². The molecule has 0 bridgehead atoms. The van der Waals surface area contributed by atoms with Gasteiger partial charge in [-0.25, -0.2) is 0 Å². The first-order valence-corrected chi connectivity index (χ1v) is 9.55. The van der Waals surface area contributed by atoms with Gasteiger partial charge in [-0.1, -0.05) is 0 Å². The number of nitrogens with zero attached hydrogens (tertiary/aromatic N) is 4. The molecule has 8 heteroatoms. The first-order chi connectivity index (χ1) is 14.7. The molecule has 1 amide bonds. The number of benzene rings is 2. The Balaban J connectivity index is 1.39. The molecule has 1 saturated heterocycles. The summed E-state index contributed by atoms with van der Waals surface area (Å²) in [6.45, 7) is 3.08. The highest BCUT2D eigenvalue weighted by molar-refractivity contribution is 6.04. The maximum Gasteiger partial charge on any atom is 0.255 e. The highest BCUT2D eigenvalue weighted by Gasteiger charge is 2.12. The molecule has 0 unspecified atom stereocenters. The number of rotatable bonds is 5. The molecule has 0 saturated carbocycles. The van der Waals surface area contributed by atoms with Crippen LogP contribution in [0.5, 0.6) is 0 Å². The fourth-order valence-electron chi connectivity index (χ4n) is 3.10. The van der Waals surface area contributed by atoms with Crippen molar-refractivity contribution in [2.45, 2.75) is 0 Å². The molecule has 1 aliphatic heterocycles. The summed E-state index contributed by atoms with van der Waals surface area (Å²) in [6, 6.07) is 17.8. The molecule has 2 heterocycles. The molecule has 0 spiro atoms. The van der Waals surface area contributed by atoms with E-state index < -0.39 is 0 Å². The molecular weight excluding hydrogens is 380 g/mol. The lowest BCUT2D eigenvalue weighted by molar-refractivity contribution is 0.102. The second-order valence-corrected chi connectivity index (χ2v) is 6.74. The second-order valence-electron chi connectivity index (χ2n) is 6.74. The first kappa shape index (κ1) is 19.4. The quantitative estimate of drug-likeness (QED) is 0.678. The van der Waals surface area contributed by atoms with Crippen molar-refractivity contribution in [3.63, 3.8) is 0 Å². The molecule has 1 fully saturated rings. The van der Waals surface area contributed by atoms with E-state index in [0.717, 1.165) is 24.5 Å². The molecule has 0 radical (unpaired) electrons. The van der Waals surface area contributed by atoms with Crippen molar-refractivity contribution < 1.29 is 9.53 Å². The van der Waals surface area contributed by atoms with Crippen LogP contribution in [-0.4, -0.2) is 42.4 Å². The van der Waals surface area contributed by atoms with Gasteiger partial charge in [-0.05, 0) is 48.5 Å². The van der Waals surface area contributed by atoms with Gasteiger partial charge in [-0.2, -0.15) is 10.4 Å². The number of carbonyl (C=O) groups excluding carboxylic acids is 1. The summed E-state index contributed by atoms with van der Waals surface area (Å²) in [6.07, 6.45) is 1.75. The monoisotopic (exact) mass is 400 g/mol. The van der Waals surface area contributed by atoms with Crippen molar-refractivity contribution in [2.24, 2.45) is 0 Å². The summed E-state index contributed by atoms with van der Waals surface area (Å²) in [5.41, 5.74) is 3.51. The maximum absolute atomic E-state index is 12.3. The van der Waals surface area contributed by atoms with Gasteiger partial charge in [0.1, 0.15) is 0 Å². The molecule has 8 nitrogen and oxygen atoms in total. The Hall–Kier alpha value is -3.96. The van der Waals surface area contributed by atoms with Crippen LogP contribution in [0.1, 0.15) is 15.9 Å². The average Bonchev–Trinajstić information content (AvgIpc) is 2.81. The van der Waals surface area contributed by atoms with E-state index in [1.807, 2.05) is 36.4 Å². The third-order valence-corrected chi connectivity index (χ3v) is 4.71. The fraction of sp³-hybridized carbons (Fsp3) is 0.182. The van der Waals surface area contributed by atoms with Gasteiger partial charge in [0.05, 0.1) is 36.7 Å². The van der Waals surface area contributed by atoms with E-state index in [0.29, 0.717) is 35.8 Å². The van der Waals surface area contributed by atoms with Crippen LogP contribution in [0.3, 0.4) is 0 Å². The smallest absolute Gasteiger partial charge is 0.255 e. The van der Waals surface area contributed by atoms with E-state index in [9.17, 15) is 4.79 Å². The third-order valence-electron chi connectivity index (χ3n) is 4.71. The minimum atomic E-state index is -0.232. The lowest BCUT2D eigenvalue weighted by Crippen LogP contribution is -2.36. The number of nitrogens with one attached hydrogen (secondary N) is 2. The molecule has 30 heavy (non-hydrogen) atoms. The number of carbonyl (C=O) groups is 1. The van der Waals surface area contributed by atoms with Crippen molar-refractivity contribution >= 4 is 28.8 Å². The zero-order chi connectivity index (χ0) is 20.8. The summed E-state index contributed by atoms with van der Waals surface area (Å²) in [4.78, 5) is 14.5. The Bertz CT molecular complexity index is 1050. The van der Waals surface area contributed by atoms with Crippen molar-refractivity contribution in [3.05, 3.63) is 71.9 Å². The number of ether oxygens (including phenoxy) is 1. The maximum atomic E-state index is 12.3. The van der Waals surface area contributed by atoms with Gasteiger partial charge in [0.2, 0.25) is 0 Å². The molecule has 0 atom stereocenters. The molecule has 3 aromatic rings. The van der Waals surface area contributed by atoms with E-state index in [4.69, 9.17) is 10.00 Å². The Morgan fingerprint density at radius 2 is 1.73 bits per heavy atom. The van der Waals surface area contributed by atoms with Crippen molar-refractivity contribution in [1.29, 1.82) is 5.26 Å². The zero-order valence-corrected chi connectivity index (χ0v) is 16.2. The Kier molecular flexibility index (Phi) is 5.83. The van der Waals surface area contributed by atoms with Crippen molar-refractivity contribution in [2.75, 3.05) is 41.8 Å². The van der Waals surface area contributed by atoms with Crippen LogP contribution < -0.4 is 15.5 Å². The standard InChI is InChI=1S/C22H20N6O2/c23-14-16-1-3-17(4-2-16)22(29)26-19-7-5-18(6-8-19)25-21-13-20(15-24-27-21)28-9-11-30-12-10-28/h1-8,13,15H,9-12H2,(H,25,27)(H,26,29). The molecule has 0 aliphatic carbocycles. The molecule has 4 rings (SSSR count). The van der Waals surface area contributed by atoms with Gasteiger partial charge in [0.15, 0.2) is 5.82 Å². The molecule has 2 N–H and O–H groups in total. The number of aromatic nitrogens is 2. The first-order valence-electron chi connectivity index (χ1n) is 9.55. The van der Waals surface area contributed by atoms with Gasteiger partial charge in [0, 0.05) is 36.1 Å². The Labute approximate surface area is 174 Å². The van der Waals surface area contributed by atoms with Gasteiger partial charge in [0.25, 0.3) is 5.91 Å². The highest BCUT2D eigenvalue weighted by atomic mass is 16.5. The highest BCUT2D eigenvalue weighted by Crippen LogP contribution is 2.22. The number of anilines is 4. The Morgan fingerprint density at radius 1 is 1.03 bits per heavy atom. The minimum absolute atomic E-state index is 0.232. The minimum Gasteiger partial charge on any atom is -0.378 e. The molecular formula is C22H20N6O2. The number of hydrogen-bond acceptors (Lipinski definition) is 7. The SMILES string of the molecule is N#Cc1ccc(C(=O)Nc2ccc(Nc3cc(N4CCOCC4)cnn3)cc2)cc1. The largest absolute Gasteiger partial charge is 0.378 e. The van der Waals surface area contributed by atoms with Crippen molar-refractivity contribution in [3.8, 4) is 6.07 Å². The second kappa shape index (κ2) is 9.03. The van der Waals surface area contributed by atoms with E-state index in [-0.39, 0.29) is 5.91 Å². The molecule has 150 valence electrons. The van der Waals surface area contributed by atoms with Gasteiger partial charge < -0.3 is 20.3 Å². The number of amides is 1. The summed E-state index contributed by atoms with van der Waals surface area (Å²) >= 11 is 0. The topological polar surface area (TPSA) is 103 Å². The summed E-state index contributed by atoms with van der Waals surface area (Å²) in [5, 5.41) is 23.1. The molecule has 2 aromatic carbocycles. The summed E-state index contributed by atoms with van der Waals surface area (Å²) in [7, 11) is 0. The van der Waals surface area contributed by atoms with Crippen LogP contribution in [0.25, 0.3) is 0 Å². The summed E-state index contributed by atoms with van der Waals surface area (Å²) < 4.78 is 5.39. The zero-order valence-electron chi connectivity index (χ0n) is 16.2. The molecule has 1 aromatic heterocycles. The lowest BCUT2D eigenvalue weighted by Gasteiger charge is -2.28. The van der Waals surface area contributed by atoms with Crippen LogP contribution in [0, 0.1) is 11.3 Å². The van der Waals surface area contributed by atoms with E-state index >= 15 is 0 Å². The van der Waals surface area contributed by atoms with E-state index in [2.05, 4.69) is 25.7 Å². The van der Waals surface area contributed by atoms with E-state index in [1.165, 1.54) is 0 Å². The number of nitriles is 1. The van der Waals surface area contributed by atoms with Gasteiger partial charge in [-0.15, -0.1) is 5.10 Å². The lowest BCUT2D eigenvalue weighted by atomic mass is 10.1. The summed E-state index contributed by atoms with van der Waals surface area (Å²) in [5.74, 6) is 0.414. The fourth-order valence-corrected chi connectivity index (χ4v) is 3.10. The number of hydrogen-bond donors (Lipinski definition) is 2. The van der Waals surface area contributed by atoms with Crippen LogP contribution >= 0.6 is 0 Å².